The highest BCUT2D eigenvalue weighted by Gasteiger charge is 2.50. The van der Waals surface area contributed by atoms with E-state index in [4.69, 9.17) is 58.7 Å². The number of nitrogens with zero attached hydrogens (tertiary/aromatic N) is 9. The van der Waals surface area contributed by atoms with Gasteiger partial charge in [0.05, 0.1) is 55.8 Å². The van der Waals surface area contributed by atoms with Crippen molar-refractivity contribution in [2.45, 2.75) is 101 Å². The van der Waals surface area contributed by atoms with E-state index < -0.39 is 126 Å². The predicted molar refractivity (Wildman–Crippen MR) is 398 cm³/mol. The highest BCUT2D eigenvalue weighted by molar-refractivity contribution is 7.12. The molecule has 7 atom stereocenters. The smallest absolute Gasteiger partial charge is 0.338 e. The quantitative estimate of drug-likeness (QED) is 0.0128. The minimum absolute atomic E-state index is 0.0720. The van der Waals surface area contributed by atoms with Crippen LogP contribution in [0.25, 0.3) is 0 Å². The number of aliphatic imine (C=N–C) groups is 3. The first-order chi connectivity index (χ1) is 53.4. The van der Waals surface area contributed by atoms with Crippen molar-refractivity contribution < 1.29 is 103 Å². The van der Waals surface area contributed by atoms with E-state index in [0.29, 0.717) is 98.1 Å². The van der Waals surface area contributed by atoms with Crippen LogP contribution in [0.1, 0.15) is 79.7 Å². The second kappa shape index (κ2) is 37.6. The van der Waals surface area contributed by atoms with E-state index in [1.54, 1.807) is 83.0 Å². The Balaban J connectivity index is 0.000000178. The molecule has 6 aliphatic rings. The van der Waals surface area contributed by atoms with Gasteiger partial charge in [-0.3, -0.25) is 14.7 Å². The molecule has 3 aromatic heterocycles. The number of thiazole rings is 3. The Morgan fingerprint density at radius 3 is 1.27 bits per heavy atom. The molecule has 12 rings (SSSR count). The summed E-state index contributed by atoms with van der Waals surface area (Å²) in [4.78, 5) is 105. The first-order valence-electron chi connectivity index (χ1n) is 35.3. The maximum atomic E-state index is 14.9. The molecule has 9 heterocycles. The van der Waals surface area contributed by atoms with Gasteiger partial charge in [0.2, 0.25) is 0 Å². The summed E-state index contributed by atoms with van der Waals surface area (Å²) >= 11 is 4.01. The number of carboxylic acid groups (broad SMARTS) is 3. The van der Waals surface area contributed by atoms with Gasteiger partial charge in [-0.15, -0.1) is 34.0 Å². The lowest BCUT2D eigenvalue weighted by Gasteiger charge is -2.40. The van der Waals surface area contributed by atoms with Crippen molar-refractivity contribution in [3.63, 3.8) is 0 Å². The van der Waals surface area contributed by atoms with E-state index >= 15 is 0 Å². The van der Waals surface area contributed by atoms with Crippen molar-refractivity contribution in [2.24, 2.45) is 15.0 Å². The minimum Gasteiger partial charge on any atom is -0.480 e. The number of hydrogen-bond donors (Lipinski definition) is 6. The fourth-order valence-corrected chi connectivity index (χ4v) is 15.2. The molecule has 0 aliphatic carbocycles. The maximum Gasteiger partial charge on any atom is 0.338 e. The van der Waals surface area contributed by atoms with E-state index in [2.05, 4.69) is 35.8 Å². The molecule has 6 aliphatic heterocycles. The zero-order valence-corrected chi connectivity index (χ0v) is 63.8. The summed E-state index contributed by atoms with van der Waals surface area (Å²) in [5.74, 6) is -9.06. The van der Waals surface area contributed by atoms with Crippen LogP contribution in [0.5, 0.6) is 0 Å². The largest absolute Gasteiger partial charge is 0.480 e. The van der Waals surface area contributed by atoms with Crippen molar-refractivity contribution in [1.29, 1.82) is 0 Å². The molecule has 0 bridgehead atoms. The highest BCUT2D eigenvalue weighted by atomic mass is 32.1. The number of carbonyl (C=O) groups is 6. The number of amidine groups is 3. The van der Waals surface area contributed by atoms with Gasteiger partial charge < -0.3 is 59.7 Å². The molecule has 3 fully saturated rings. The van der Waals surface area contributed by atoms with Gasteiger partial charge in [-0.1, -0.05) is 36.4 Å². The van der Waals surface area contributed by atoms with E-state index in [1.807, 2.05) is 5.38 Å². The van der Waals surface area contributed by atoms with Crippen molar-refractivity contribution in [3.05, 3.63) is 203 Å². The Bertz CT molecular complexity index is 4390. The summed E-state index contributed by atoms with van der Waals surface area (Å²) in [6, 6.07) is 17.0. The number of nitrogens with one attached hydrogen (secondary N) is 3. The number of likely N-dealkylation sites (tertiary alicyclic amines) is 2. The topological polar surface area (TPSA) is 340 Å². The average Bonchev–Trinajstić information content (AvgIpc) is 0.786. The number of esters is 3. The van der Waals surface area contributed by atoms with Crippen LogP contribution in [0.4, 0.5) is 30.7 Å². The van der Waals surface area contributed by atoms with Gasteiger partial charge in [0.1, 0.15) is 71.8 Å². The molecule has 0 amide bonds. The van der Waals surface area contributed by atoms with Crippen LogP contribution < -0.4 is 16.0 Å². The lowest BCUT2D eigenvalue weighted by Crippen LogP contribution is -2.55. The van der Waals surface area contributed by atoms with Crippen molar-refractivity contribution >= 4 is 87.3 Å². The number of alkyl halides is 4. The van der Waals surface area contributed by atoms with Gasteiger partial charge in [0.25, 0.3) is 5.92 Å². The van der Waals surface area contributed by atoms with E-state index in [9.17, 15) is 59.5 Å². The molecular weight excluding hydrogens is 1540 g/mol. The van der Waals surface area contributed by atoms with Crippen molar-refractivity contribution in [3.8, 4) is 0 Å². The first-order valence-corrected chi connectivity index (χ1v) is 37.9. The third-order valence-electron chi connectivity index (χ3n) is 18.5. The second-order valence-electron chi connectivity index (χ2n) is 26.4. The molecule has 0 radical (unpaired) electrons. The van der Waals surface area contributed by atoms with Crippen LogP contribution in [0.15, 0.2) is 168 Å². The third-order valence-corrected chi connectivity index (χ3v) is 20.9. The van der Waals surface area contributed by atoms with Crippen LogP contribution in [-0.4, -0.2) is 233 Å². The summed E-state index contributed by atoms with van der Waals surface area (Å²) in [5.41, 5.74) is -0.481. The summed E-state index contributed by atoms with van der Waals surface area (Å²) in [6.45, 7) is 9.40. The number of morpholine rings is 1. The van der Waals surface area contributed by atoms with Gasteiger partial charge in [-0.2, -0.15) is 0 Å². The molecule has 6 N–H and O–H groups in total. The average molecular weight is 1620 g/mol. The van der Waals surface area contributed by atoms with Crippen LogP contribution in [0, 0.1) is 17.5 Å². The maximum absolute atomic E-state index is 14.9. The molecule has 112 heavy (non-hydrogen) atoms. The number of hydrogen-bond acceptors (Lipinski definition) is 27. The molecular formula is C75H81F7N12O15S3. The predicted octanol–water partition coefficient (Wildman–Crippen LogP) is 8.71. The number of piperidine rings is 2. The van der Waals surface area contributed by atoms with E-state index in [1.165, 1.54) is 111 Å². The number of carbonyl (C=O) groups excluding carboxylic acids is 3. The second-order valence-corrected chi connectivity index (χ2v) is 29.1. The van der Waals surface area contributed by atoms with Gasteiger partial charge in [0.15, 0.2) is 32.5 Å². The van der Waals surface area contributed by atoms with Gasteiger partial charge in [0, 0.05) is 110 Å². The van der Waals surface area contributed by atoms with Crippen LogP contribution in [0.3, 0.4) is 0 Å². The van der Waals surface area contributed by atoms with Crippen LogP contribution in [-0.2, 0) is 73.8 Å². The summed E-state index contributed by atoms with van der Waals surface area (Å²) < 4.78 is 133. The monoisotopic (exact) mass is 1620 g/mol. The summed E-state index contributed by atoms with van der Waals surface area (Å²) in [7, 11) is 0. The highest BCUT2D eigenvalue weighted by Crippen LogP contribution is 2.44. The molecule has 3 aromatic carbocycles. The fraction of sp³-hybridized carbons (Fsp3) is 0.413. The minimum atomic E-state index is -3.32. The number of halogens is 7. The van der Waals surface area contributed by atoms with Crippen LogP contribution in [0.2, 0.25) is 0 Å². The van der Waals surface area contributed by atoms with Gasteiger partial charge in [-0.25, -0.2) is 89.4 Å². The molecule has 27 nitrogen and oxygen atoms in total. The zero-order chi connectivity index (χ0) is 80.7. The third kappa shape index (κ3) is 20.6. The number of ether oxygens (including phenoxy) is 6. The number of rotatable bonds is 26. The van der Waals surface area contributed by atoms with Gasteiger partial charge in [-0.05, 0) is 107 Å². The SMILES string of the molecule is CCOC(=O)C1=C(CN2CC(F)C(OCC(=O)O)C(F)C2)NC(c2nccs2)=N[C@@]1(C)c1ccc(F)cc1.CCOC(=O)C1=C(CN2CCC(OCC(=O)O)C(F)(F)C2)NC(c2nccs2)=N[C@@]1(C)c1ccc(F)cc1.CCOC(=O)C1=C(CN2CCOC(/C=C/C(=O)O)C2)NC(c2nccs2)=N[C@@]1(C)c1ccc(F)cc1. The Labute approximate surface area is 650 Å². The molecule has 37 heteroatoms. The lowest BCUT2D eigenvalue weighted by molar-refractivity contribution is -0.181. The zero-order valence-electron chi connectivity index (χ0n) is 61.4. The molecule has 598 valence electrons. The number of aromatic nitrogens is 3. The fourth-order valence-electron chi connectivity index (χ4n) is 13.5. The van der Waals surface area contributed by atoms with E-state index in [-0.39, 0.29) is 70.1 Å². The number of carboxylic acids is 3. The molecule has 6 aromatic rings. The van der Waals surface area contributed by atoms with Gasteiger partial charge >= 0.3 is 35.8 Å². The molecule has 4 unspecified atom stereocenters. The lowest BCUT2D eigenvalue weighted by atomic mass is 9.82. The standard InChI is InChI=1S/2C25H27F3N4O5S.C25H27FN4O5S/c1-3-36-23(35)20-17(12-32-10-8-18(25(27,28)14-32)37-13-19(33)34)30-21(22-29-9-11-38-22)31-24(20,2)15-4-6-16(26)7-5-15;1-3-36-24(35)20-18(12-32-10-16(27)21(17(28)11-32)37-13-19(33)34)30-22(23-29-8-9-38-23)31-25(20,2)14-4-6-15(26)7-5-14;1-3-34-24(33)21-19(15-30-11-12-35-18(14-30)8-9-20(31)32)28-22(23-27-10-13-36-23)29-25(21,2)16-4-6-17(26)7-5-16/h4-7,9,11,18H,3,8,10,12-14H2,1-2H3,(H,30,31)(H,33,34);4-9,16-17,21H,3,10-13H2,1-2H3,(H,30,31)(H,33,34);4-10,13,18H,3,11-12,14-15H2,1-2H3,(H,28,29)(H,31,32)/b;;9-8+/t18?,24-;16?,17?,21?,25-;18?,25-/m000/s1. The summed E-state index contributed by atoms with van der Waals surface area (Å²) in [6.07, 6.45) is 0.258. The van der Waals surface area contributed by atoms with Crippen LogP contribution >= 0.6 is 34.0 Å². The Morgan fingerprint density at radius 1 is 0.545 bits per heavy atom. The first kappa shape index (κ1) is 84.5. The molecule has 0 spiro atoms. The summed E-state index contributed by atoms with van der Waals surface area (Å²) in [5, 5.41) is 43.1. The number of aliphatic carboxylic acids is 3. The van der Waals surface area contributed by atoms with Crippen molar-refractivity contribution in [2.75, 3.05) is 98.5 Å². The Kier molecular flexibility index (Phi) is 28.3. The van der Waals surface area contributed by atoms with Crippen molar-refractivity contribution in [1.82, 2.24) is 45.6 Å². The van der Waals surface area contributed by atoms with E-state index in [0.717, 1.165) is 6.08 Å². The Morgan fingerprint density at radius 2 is 0.920 bits per heavy atom. The number of benzene rings is 3. The molecule has 3 saturated heterocycles. The molecule has 0 saturated carbocycles. The Hall–Kier alpha value is -9.99. The normalized spacial score (nSPS) is 24.2.